The third-order valence-electron chi connectivity index (χ3n) is 8.98. The van der Waals surface area contributed by atoms with Crippen LogP contribution in [0, 0.1) is 22.7 Å². The molecule has 0 aromatic rings. The summed E-state index contributed by atoms with van der Waals surface area (Å²) in [6.45, 7) is 6.33. The summed E-state index contributed by atoms with van der Waals surface area (Å²) < 4.78 is 22.4. The van der Waals surface area contributed by atoms with Crippen LogP contribution in [-0.2, 0) is 38.1 Å². The number of methoxy groups -OCH3 is 1. The number of hydrogen-bond donors (Lipinski definition) is 3. The van der Waals surface area contributed by atoms with Gasteiger partial charge in [0.15, 0.2) is 5.76 Å². The maximum Gasteiger partial charge on any atom is 0.348 e. The molecule has 11 nitrogen and oxygen atoms in total. The molecule has 2 bridgehead atoms. The van der Waals surface area contributed by atoms with E-state index in [1.165, 1.54) is 12.2 Å². The molecular formula is C26H30O11. The quantitative estimate of drug-likeness (QED) is 0.269. The lowest BCUT2D eigenvalue weighted by atomic mass is 9.40. The molecule has 0 radical (unpaired) electrons. The minimum atomic E-state index is -2.23. The molecule has 9 unspecified atom stereocenters. The van der Waals surface area contributed by atoms with Crippen LogP contribution in [0.5, 0.6) is 0 Å². The SMILES string of the molecule is COC(=O)C12OCC34C(CC5=C(C)C(=O)C(O)=CC5(C)C3C(O)C1O)OC(=O)C(OC(=O)C=C(C)C)C24. The summed E-state index contributed by atoms with van der Waals surface area (Å²) in [5, 5.41) is 33.6. The summed E-state index contributed by atoms with van der Waals surface area (Å²) in [5.74, 6) is -6.22. The van der Waals surface area contributed by atoms with Crippen LogP contribution in [0.25, 0.3) is 0 Å². The number of allylic oxidation sites excluding steroid dienone is 3. The van der Waals surface area contributed by atoms with Crippen molar-refractivity contribution < 1.29 is 53.4 Å². The van der Waals surface area contributed by atoms with Gasteiger partial charge in [-0.2, -0.15) is 0 Å². The molecule has 4 fully saturated rings. The molecule has 1 spiro atoms. The fraction of sp³-hybridized carbons (Fsp3) is 0.615. The minimum absolute atomic E-state index is 0.0503. The van der Waals surface area contributed by atoms with Crippen molar-refractivity contribution >= 4 is 23.7 Å². The molecule has 5 aliphatic rings. The van der Waals surface area contributed by atoms with Crippen molar-refractivity contribution in [1.29, 1.82) is 0 Å². The van der Waals surface area contributed by atoms with Gasteiger partial charge in [-0.3, -0.25) is 4.79 Å². The number of fused-ring (bicyclic) bond motifs is 2. The Bertz CT molecular complexity index is 1210. The Morgan fingerprint density at radius 1 is 1.19 bits per heavy atom. The Hall–Kier alpha value is -3.02. The molecule has 2 saturated carbocycles. The van der Waals surface area contributed by atoms with Crippen molar-refractivity contribution in [2.45, 2.75) is 64.1 Å². The maximum absolute atomic E-state index is 13.4. The van der Waals surface area contributed by atoms with Crippen LogP contribution < -0.4 is 0 Å². The number of rotatable bonds is 3. The number of aliphatic hydroxyl groups excluding tert-OH is 3. The molecule has 200 valence electrons. The Balaban J connectivity index is 1.77. The standard InChI is InChI=1S/C26H30O11/c1-10(2)6-15(28)37-18-20-25-9-35-26(20,23(33)34-5)21(31)17(30)19(25)24(4)8-13(27)16(29)11(3)12(24)7-14(25)36-22(18)32/h6,8,14,17-21,27,30-31H,7,9H2,1-5H3. The van der Waals surface area contributed by atoms with Gasteiger partial charge in [-0.25, -0.2) is 14.4 Å². The van der Waals surface area contributed by atoms with E-state index in [1.54, 1.807) is 27.7 Å². The normalized spacial score (nSPS) is 43.7. The van der Waals surface area contributed by atoms with E-state index in [0.29, 0.717) is 11.1 Å². The second-order valence-electron chi connectivity index (χ2n) is 11.0. The third kappa shape index (κ3) is 2.98. The molecule has 2 saturated heterocycles. The number of carbonyl (C=O) groups is 4. The highest BCUT2D eigenvalue weighted by Gasteiger charge is 2.84. The monoisotopic (exact) mass is 518 g/mol. The number of carbonyl (C=O) groups excluding carboxylic acids is 4. The molecule has 0 aromatic heterocycles. The summed E-state index contributed by atoms with van der Waals surface area (Å²) in [6, 6.07) is 0. The first-order valence-corrected chi connectivity index (χ1v) is 12.1. The van der Waals surface area contributed by atoms with Gasteiger partial charge in [-0.15, -0.1) is 0 Å². The largest absolute Gasteiger partial charge is 0.504 e. The fourth-order valence-corrected chi connectivity index (χ4v) is 7.71. The molecular weight excluding hydrogens is 488 g/mol. The predicted octanol–water partition coefficient (Wildman–Crippen LogP) is 0.437. The number of ether oxygens (including phenoxy) is 4. The molecule has 3 N–H and O–H groups in total. The van der Waals surface area contributed by atoms with Crippen LogP contribution in [0.2, 0.25) is 0 Å². The highest BCUT2D eigenvalue weighted by Crippen LogP contribution is 2.71. The fourth-order valence-electron chi connectivity index (χ4n) is 7.71. The molecule has 3 aliphatic carbocycles. The zero-order valence-electron chi connectivity index (χ0n) is 21.1. The van der Waals surface area contributed by atoms with E-state index in [2.05, 4.69) is 0 Å². The number of ketones is 1. The van der Waals surface area contributed by atoms with E-state index in [0.717, 1.165) is 7.11 Å². The molecule has 2 heterocycles. The molecule has 37 heavy (non-hydrogen) atoms. The van der Waals surface area contributed by atoms with E-state index < -0.39 is 82.1 Å². The number of aliphatic hydroxyl groups is 3. The van der Waals surface area contributed by atoms with Crippen LogP contribution in [-0.4, -0.2) is 82.7 Å². The molecule has 9 atom stereocenters. The lowest BCUT2D eigenvalue weighted by molar-refractivity contribution is -0.272. The first-order valence-electron chi connectivity index (χ1n) is 12.1. The third-order valence-corrected chi connectivity index (χ3v) is 8.98. The Morgan fingerprint density at radius 3 is 2.49 bits per heavy atom. The summed E-state index contributed by atoms with van der Waals surface area (Å²) in [7, 11) is 1.08. The van der Waals surface area contributed by atoms with Crippen LogP contribution >= 0.6 is 0 Å². The zero-order valence-corrected chi connectivity index (χ0v) is 21.1. The number of esters is 3. The summed E-state index contributed by atoms with van der Waals surface area (Å²) in [4.78, 5) is 51.9. The second kappa shape index (κ2) is 7.99. The predicted molar refractivity (Wildman–Crippen MR) is 122 cm³/mol. The molecule has 2 aliphatic heterocycles. The number of Topliss-reactive ketones (excluding diaryl/α,β-unsaturated/α-hetero) is 1. The van der Waals surface area contributed by atoms with Gasteiger partial charge in [0.2, 0.25) is 17.5 Å². The van der Waals surface area contributed by atoms with Crippen molar-refractivity contribution in [3.05, 3.63) is 34.6 Å². The topological polar surface area (TPSA) is 166 Å². The van der Waals surface area contributed by atoms with Crippen molar-refractivity contribution in [2.24, 2.45) is 22.7 Å². The van der Waals surface area contributed by atoms with Crippen LogP contribution in [0.15, 0.2) is 34.6 Å². The summed E-state index contributed by atoms with van der Waals surface area (Å²) >= 11 is 0. The lowest BCUT2D eigenvalue weighted by Gasteiger charge is -2.65. The van der Waals surface area contributed by atoms with Crippen LogP contribution in [0.1, 0.15) is 34.1 Å². The van der Waals surface area contributed by atoms with Crippen LogP contribution in [0.4, 0.5) is 0 Å². The maximum atomic E-state index is 13.4. The van der Waals surface area contributed by atoms with E-state index in [9.17, 15) is 34.5 Å². The van der Waals surface area contributed by atoms with Crippen molar-refractivity contribution in [1.82, 2.24) is 0 Å². The number of hydrogen-bond acceptors (Lipinski definition) is 11. The van der Waals surface area contributed by atoms with Gasteiger partial charge in [0.05, 0.1) is 25.7 Å². The average molecular weight is 519 g/mol. The van der Waals surface area contributed by atoms with Gasteiger partial charge in [0.25, 0.3) is 0 Å². The summed E-state index contributed by atoms with van der Waals surface area (Å²) in [6.07, 6.45) is -3.61. The average Bonchev–Trinajstić information content (AvgIpc) is 3.12. The van der Waals surface area contributed by atoms with E-state index in [-0.39, 0.29) is 18.6 Å². The van der Waals surface area contributed by atoms with Crippen molar-refractivity contribution in [2.75, 3.05) is 13.7 Å². The smallest absolute Gasteiger partial charge is 0.348 e. The highest BCUT2D eigenvalue weighted by molar-refractivity contribution is 6.08. The highest BCUT2D eigenvalue weighted by atomic mass is 16.6. The second-order valence-corrected chi connectivity index (χ2v) is 11.0. The van der Waals surface area contributed by atoms with Crippen molar-refractivity contribution in [3.63, 3.8) is 0 Å². The Labute approximate surface area is 212 Å². The van der Waals surface area contributed by atoms with Gasteiger partial charge in [0.1, 0.15) is 12.2 Å². The Morgan fingerprint density at radius 2 is 1.86 bits per heavy atom. The van der Waals surface area contributed by atoms with Crippen LogP contribution in [0.3, 0.4) is 0 Å². The lowest BCUT2D eigenvalue weighted by Crippen LogP contribution is -2.78. The van der Waals surface area contributed by atoms with Gasteiger partial charge in [-0.1, -0.05) is 12.5 Å². The van der Waals surface area contributed by atoms with Gasteiger partial charge >= 0.3 is 17.9 Å². The van der Waals surface area contributed by atoms with E-state index >= 15 is 0 Å². The van der Waals surface area contributed by atoms with Crippen molar-refractivity contribution in [3.8, 4) is 0 Å². The molecule has 5 rings (SSSR count). The van der Waals surface area contributed by atoms with Gasteiger partial charge < -0.3 is 34.3 Å². The first kappa shape index (κ1) is 25.6. The van der Waals surface area contributed by atoms with Gasteiger partial charge in [-0.05, 0) is 32.4 Å². The Kier molecular flexibility index (Phi) is 5.53. The van der Waals surface area contributed by atoms with Gasteiger partial charge in [0, 0.05) is 34.8 Å². The zero-order chi connectivity index (χ0) is 27.2. The van der Waals surface area contributed by atoms with E-state index in [4.69, 9.17) is 18.9 Å². The van der Waals surface area contributed by atoms with E-state index in [1.807, 2.05) is 0 Å². The molecule has 11 heteroatoms. The summed E-state index contributed by atoms with van der Waals surface area (Å²) in [5.41, 5.74) is -3.38. The first-order chi connectivity index (χ1) is 17.3. The molecule has 0 amide bonds. The minimum Gasteiger partial charge on any atom is -0.504 e. The molecule has 0 aromatic carbocycles.